The van der Waals surface area contributed by atoms with Crippen molar-refractivity contribution in [1.82, 2.24) is 15.0 Å². The van der Waals surface area contributed by atoms with E-state index in [0.29, 0.717) is 5.56 Å². The fraction of sp³-hybridized carbons (Fsp3) is 0.318. The number of hydrogen-bond acceptors (Lipinski definition) is 4. The molecule has 5 nitrogen and oxygen atoms in total. The number of benzene rings is 2. The van der Waals surface area contributed by atoms with Crippen molar-refractivity contribution in [3.8, 4) is 11.8 Å². The molecule has 0 N–H and O–H groups in total. The van der Waals surface area contributed by atoms with Gasteiger partial charge >= 0.3 is 0 Å². The molecule has 2 aromatic carbocycles. The van der Waals surface area contributed by atoms with Gasteiger partial charge in [-0.3, -0.25) is 0 Å². The molecule has 0 amide bonds. The highest BCUT2D eigenvalue weighted by atomic mass is 15.5. The molecule has 0 aliphatic rings. The third-order valence-corrected chi connectivity index (χ3v) is 4.46. The monoisotopic (exact) mass is 359 g/mol. The van der Waals surface area contributed by atoms with Gasteiger partial charge in [-0.2, -0.15) is 9.94 Å². The lowest BCUT2D eigenvalue weighted by atomic mass is 10.1. The van der Waals surface area contributed by atoms with Gasteiger partial charge in [-0.1, -0.05) is 49.4 Å². The molecule has 3 rings (SSSR count). The van der Waals surface area contributed by atoms with Crippen LogP contribution in [0.2, 0.25) is 0 Å². The van der Waals surface area contributed by atoms with E-state index < -0.39 is 0 Å². The fourth-order valence-corrected chi connectivity index (χ4v) is 3.24. The van der Waals surface area contributed by atoms with Crippen molar-refractivity contribution in [2.24, 2.45) is 0 Å². The highest BCUT2D eigenvalue weighted by Gasteiger charge is 2.20. The Morgan fingerprint density at radius 1 is 0.963 bits per heavy atom. The first-order valence-electron chi connectivity index (χ1n) is 9.50. The Morgan fingerprint density at radius 3 is 2.22 bits per heavy atom. The molecule has 0 atom stereocenters. The van der Waals surface area contributed by atoms with Gasteiger partial charge in [-0.05, 0) is 42.7 Å². The second-order valence-electron chi connectivity index (χ2n) is 6.58. The molecule has 27 heavy (non-hydrogen) atoms. The fourth-order valence-electron chi connectivity index (χ4n) is 3.24. The zero-order chi connectivity index (χ0) is 19.1. The van der Waals surface area contributed by atoms with Crippen LogP contribution in [0.4, 0.5) is 5.82 Å². The Bertz CT molecular complexity index is 885. The van der Waals surface area contributed by atoms with E-state index in [1.54, 1.807) is 0 Å². The van der Waals surface area contributed by atoms with Gasteiger partial charge in [-0.15, -0.1) is 5.10 Å². The van der Waals surface area contributed by atoms with E-state index >= 15 is 0 Å². The summed E-state index contributed by atoms with van der Waals surface area (Å²) in [6, 6.07) is 20.0. The van der Waals surface area contributed by atoms with E-state index in [4.69, 9.17) is 5.26 Å². The molecule has 0 unspecified atom stereocenters. The molecule has 0 fully saturated rings. The maximum Gasteiger partial charge on any atom is 0.156 e. The largest absolute Gasteiger partial charge is 0.355 e. The Balaban J connectivity index is 2.05. The number of nitrogens with zero attached hydrogens (tertiary/aromatic N) is 5. The predicted octanol–water partition coefficient (Wildman–Crippen LogP) is 4.36. The van der Waals surface area contributed by atoms with E-state index in [2.05, 4.69) is 59.4 Å². The quantitative estimate of drug-likeness (QED) is 0.600. The van der Waals surface area contributed by atoms with Crippen LogP contribution in [0.25, 0.3) is 5.69 Å². The van der Waals surface area contributed by atoms with Gasteiger partial charge in [0.1, 0.15) is 5.69 Å². The lowest BCUT2D eigenvalue weighted by Crippen LogP contribution is -2.28. The molecule has 0 radical (unpaired) electrons. The van der Waals surface area contributed by atoms with Crippen molar-refractivity contribution in [3.05, 3.63) is 71.4 Å². The predicted molar refractivity (Wildman–Crippen MR) is 108 cm³/mol. The van der Waals surface area contributed by atoms with Crippen LogP contribution in [0.15, 0.2) is 54.6 Å². The third kappa shape index (κ3) is 4.35. The molecule has 0 saturated carbocycles. The minimum Gasteiger partial charge on any atom is -0.355 e. The molecule has 0 spiro atoms. The van der Waals surface area contributed by atoms with Gasteiger partial charge in [0.25, 0.3) is 0 Å². The van der Waals surface area contributed by atoms with Gasteiger partial charge < -0.3 is 4.90 Å². The van der Waals surface area contributed by atoms with Crippen LogP contribution in [0, 0.1) is 11.3 Å². The van der Waals surface area contributed by atoms with Crippen molar-refractivity contribution >= 4 is 5.82 Å². The number of anilines is 1. The second kappa shape index (κ2) is 9.00. The van der Waals surface area contributed by atoms with E-state index in [9.17, 15) is 0 Å². The first kappa shape index (κ1) is 18.7. The number of hydrogen-bond donors (Lipinski definition) is 0. The number of rotatable bonds is 8. The SMILES string of the molecule is CCCN(CCC)c1c(Cc2ccccc2)nnn1-c1ccc(C#N)cc1. The van der Waals surface area contributed by atoms with E-state index in [1.807, 2.05) is 35.0 Å². The van der Waals surface area contributed by atoms with Crippen molar-refractivity contribution in [3.63, 3.8) is 0 Å². The standard InChI is InChI=1S/C22H25N5/c1-3-14-26(15-4-2)22-21(16-18-8-6-5-7-9-18)24-25-27(22)20-12-10-19(17-23)11-13-20/h5-13H,3-4,14-16H2,1-2H3. The highest BCUT2D eigenvalue weighted by molar-refractivity contribution is 5.52. The van der Waals surface area contributed by atoms with E-state index in [0.717, 1.165) is 49.6 Å². The molecule has 3 aromatic rings. The Kier molecular flexibility index (Phi) is 6.22. The summed E-state index contributed by atoms with van der Waals surface area (Å²) in [5, 5.41) is 18.0. The molecule has 5 heteroatoms. The summed E-state index contributed by atoms with van der Waals surface area (Å²) in [5.41, 5.74) is 3.77. The van der Waals surface area contributed by atoms with Gasteiger partial charge in [0.15, 0.2) is 5.82 Å². The van der Waals surface area contributed by atoms with Crippen LogP contribution in [0.1, 0.15) is 43.5 Å². The zero-order valence-corrected chi connectivity index (χ0v) is 16.0. The summed E-state index contributed by atoms with van der Waals surface area (Å²) in [6.07, 6.45) is 2.86. The van der Waals surface area contributed by atoms with Crippen molar-refractivity contribution in [2.75, 3.05) is 18.0 Å². The van der Waals surface area contributed by atoms with Gasteiger partial charge in [0.2, 0.25) is 0 Å². The van der Waals surface area contributed by atoms with E-state index in [1.165, 1.54) is 5.56 Å². The number of nitriles is 1. The Morgan fingerprint density at radius 2 is 1.63 bits per heavy atom. The topological polar surface area (TPSA) is 57.7 Å². The maximum atomic E-state index is 9.06. The van der Waals surface area contributed by atoms with Crippen LogP contribution in [0.3, 0.4) is 0 Å². The highest BCUT2D eigenvalue weighted by Crippen LogP contribution is 2.25. The van der Waals surface area contributed by atoms with Crippen LogP contribution < -0.4 is 4.90 Å². The molecule has 0 aliphatic heterocycles. The Labute approximate surface area is 160 Å². The number of aromatic nitrogens is 3. The minimum atomic E-state index is 0.642. The molecule has 0 saturated heterocycles. The normalized spacial score (nSPS) is 10.6. The lowest BCUT2D eigenvalue weighted by Gasteiger charge is -2.25. The lowest BCUT2D eigenvalue weighted by molar-refractivity contribution is 0.704. The minimum absolute atomic E-state index is 0.642. The first-order chi connectivity index (χ1) is 13.3. The average Bonchev–Trinajstić information content (AvgIpc) is 3.12. The van der Waals surface area contributed by atoms with Crippen LogP contribution >= 0.6 is 0 Å². The van der Waals surface area contributed by atoms with Crippen LogP contribution in [-0.2, 0) is 6.42 Å². The van der Waals surface area contributed by atoms with Gasteiger partial charge in [-0.25, -0.2) is 0 Å². The van der Waals surface area contributed by atoms with Crippen LogP contribution in [-0.4, -0.2) is 28.1 Å². The van der Waals surface area contributed by atoms with Crippen molar-refractivity contribution < 1.29 is 0 Å². The third-order valence-electron chi connectivity index (χ3n) is 4.46. The summed E-state index contributed by atoms with van der Waals surface area (Å²) < 4.78 is 1.91. The van der Waals surface area contributed by atoms with Gasteiger partial charge in [0.05, 0.1) is 17.3 Å². The van der Waals surface area contributed by atoms with Crippen LogP contribution in [0.5, 0.6) is 0 Å². The molecule has 0 bridgehead atoms. The summed E-state index contributed by atoms with van der Waals surface area (Å²) in [5.74, 6) is 1.05. The molecular weight excluding hydrogens is 334 g/mol. The summed E-state index contributed by atoms with van der Waals surface area (Å²) in [7, 11) is 0. The first-order valence-corrected chi connectivity index (χ1v) is 9.50. The summed E-state index contributed by atoms with van der Waals surface area (Å²) in [4.78, 5) is 2.37. The zero-order valence-electron chi connectivity index (χ0n) is 16.0. The Hall–Kier alpha value is -3.13. The average molecular weight is 359 g/mol. The molecule has 1 aromatic heterocycles. The van der Waals surface area contributed by atoms with Gasteiger partial charge in [0, 0.05) is 19.5 Å². The smallest absolute Gasteiger partial charge is 0.156 e. The molecule has 0 aliphatic carbocycles. The molecule has 1 heterocycles. The molecular formula is C22H25N5. The van der Waals surface area contributed by atoms with Crippen molar-refractivity contribution in [2.45, 2.75) is 33.1 Å². The summed E-state index contributed by atoms with van der Waals surface area (Å²) >= 11 is 0. The molecule has 138 valence electrons. The maximum absolute atomic E-state index is 9.06. The van der Waals surface area contributed by atoms with E-state index in [-0.39, 0.29) is 0 Å². The van der Waals surface area contributed by atoms with Crippen molar-refractivity contribution in [1.29, 1.82) is 5.26 Å². The summed E-state index contributed by atoms with van der Waals surface area (Å²) in [6.45, 7) is 6.29. The second-order valence-corrected chi connectivity index (χ2v) is 6.58.